The van der Waals surface area contributed by atoms with E-state index in [4.69, 9.17) is 4.74 Å². The van der Waals surface area contributed by atoms with Crippen LogP contribution < -0.4 is 10.6 Å². The maximum Gasteiger partial charge on any atom is 0.414 e. The molecule has 0 saturated heterocycles. The summed E-state index contributed by atoms with van der Waals surface area (Å²) in [6.45, 7) is 8.11. The van der Waals surface area contributed by atoms with Crippen molar-refractivity contribution >= 4 is 17.7 Å². The molecule has 5 nitrogen and oxygen atoms in total. The van der Waals surface area contributed by atoms with Crippen molar-refractivity contribution in [2.45, 2.75) is 39.7 Å². The fourth-order valence-electron chi connectivity index (χ4n) is 1.39. The summed E-state index contributed by atoms with van der Waals surface area (Å²) in [5.74, 6) is 0.396. The Balaban J connectivity index is 2.68. The highest BCUT2D eigenvalue weighted by molar-refractivity contribution is 6.02. The van der Waals surface area contributed by atoms with E-state index in [1.807, 2.05) is 58.0 Å². The third-order valence-corrected chi connectivity index (χ3v) is 2.15. The Hall–Kier alpha value is -2.04. The summed E-state index contributed by atoms with van der Waals surface area (Å²) < 4.78 is 5.21. The number of guanidine groups is 1. The molecule has 0 saturated carbocycles. The monoisotopic (exact) mass is 277 g/mol. The first-order chi connectivity index (χ1) is 9.40. The van der Waals surface area contributed by atoms with Gasteiger partial charge in [0.25, 0.3) is 0 Å². The number of aliphatic imine (C=N–C) groups is 1. The van der Waals surface area contributed by atoms with E-state index in [0.717, 1.165) is 12.1 Å². The van der Waals surface area contributed by atoms with Crippen LogP contribution in [-0.4, -0.2) is 24.2 Å². The fraction of sp³-hybridized carbons (Fsp3) is 0.467. The highest BCUT2D eigenvalue weighted by atomic mass is 16.6. The van der Waals surface area contributed by atoms with Crippen molar-refractivity contribution in [1.29, 1.82) is 0 Å². The number of ether oxygens (including phenoxy) is 1. The summed E-state index contributed by atoms with van der Waals surface area (Å²) in [4.78, 5) is 16.1. The number of hydrogen-bond donors (Lipinski definition) is 2. The second-order valence-corrected chi connectivity index (χ2v) is 5.35. The van der Waals surface area contributed by atoms with Crippen LogP contribution in [0.25, 0.3) is 0 Å². The van der Waals surface area contributed by atoms with E-state index in [-0.39, 0.29) is 0 Å². The van der Waals surface area contributed by atoms with Crippen LogP contribution in [0.4, 0.5) is 10.5 Å². The van der Waals surface area contributed by atoms with Crippen LogP contribution in [0.5, 0.6) is 0 Å². The molecule has 0 aliphatic carbocycles. The summed E-state index contributed by atoms with van der Waals surface area (Å²) in [6, 6.07) is 9.55. The Morgan fingerprint density at radius 2 is 1.90 bits per heavy atom. The van der Waals surface area contributed by atoms with Crippen molar-refractivity contribution in [3.63, 3.8) is 0 Å². The second-order valence-electron chi connectivity index (χ2n) is 5.35. The minimum atomic E-state index is -0.535. The molecule has 0 aliphatic heterocycles. The van der Waals surface area contributed by atoms with E-state index < -0.39 is 11.7 Å². The molecule has 2 N–H and O–H groups in total. The number of carbonyl (C=O) groups excluding carboxylic acids is 1. The lowest BCUT2D eigenvalue weighted by atomic mass is 10.2. The largest absolute Gasteiger partial charge is 0.444 e. The van der Waals surface area contributed by atoms with Gasteiger partial charge in [-0.15, -0.1) is 0 Å². The van der Waals surface area contributed by atoms with Crippen LogP contribution in [-0.2, 0) is 4.74 Å². The first-order valence-corrected chi connectivity index (χ1v) is 6.77. The molecule has 0 fully saturated rings. The molecule has 5 heteroatoms. The summed E-state index contributed by atoms with van der Waals surface area (Å²) in [5.41, 5.74) is 0.325. The van der Waals surface area contributed by atoms with E-state index in [1.165, 1.54) is 0 Å². The van der Waals surface area contributed by atoms with E-state index in [0.29, 0.717) is 12.5 Å². The number of benzene rings is 1. The molecule has 1 rings (SSSR count). The van der Waals surface area contributed by atoms with Gasteiger partial charge in [-0.2, -0.15) is 0 Å². The molecule has 0 unspecified atom stereocenters. The molecule has 1 aromatic carbocycles. The van der Waals surface area contributed by atoms with Crippen molar-refractivity contribution in [3.05, 3.63) is 30.3 Å². The van der Waals surface area contributed by atoms with Gasteiger partial charge in [0.05, 0.1) is 0 Å². The average Bonchev–Trinajstić information content (AvgIpc) is 2.35. The first-order valence-electron chi connectivity index (χ1n) is 6.77. The standard InChI is InChI=1S/C15H23N3O2/c1-5-11-16-13(17-12-9-7-6-8-10-12)18-14(19)20-15(2,3)4/h6-10H,5,11H2,1-4H3,(H2,16,17,18,19). The Bertz CT molecular complexity index is 450. The van der Waals surface area contributed by atoms with E-state index in [9.17, 15) is 4.79 Å². The van der Waals surface area contributed by atoms with Crippen LogP contribution in [0.3, 0.4) is 0 Å². The number of nitrogens with zero attached hydrogens (tertiary/aromatic N) is 1. The molecule has 0 bridgehead atoms. The van der Waals surface area contributed by atoms with Crippen molar-refractivity contribution in [2.24, 2.45) is 4.99 Å². The van der Waals surface area contributed by atoms with E-state index >= 15 is 0 Å². The number of anilines is 1. The predicted octanol–water partition coefficient (Wildman–Crippen LogP) is 3.39. The Morgan fingerprint density at radius 3 is 2.45 bits per heavy atom. The van der Waals surface area contributed by atoms with Gasteiger partial charge in [0, 0.05) is 12.2 Å². The molecule has 0 aliphatic rings. The number of amides is 1. The van der Waals surface area contributed by atoms with Crippen LogP contribution in [0.1, 0.15) is 34.1 Å². The number of para-hydroxylation sites is 1. The molecule has 0 aromatic heterocycles. The predicted molar refractivity (Wildman–Crippen MR) is 82.0 cm³/mol. The molecule has 0 heterocycles. The zero-order chi connectivity index (χ0) is 15.0. The van der Waals surface area contributed by atoms with Gasteiger partial charge in [0.15, 0.2) is 0 Å². The van der Waals surface area contributed by atoms with Gasteiger partial charge in [-0.05, 0) is 39.3 Å². The maximum absolute atomic E-state index is 11.8. The van der Waals surface area contributed by atoms with Crippen LogP contribution in [0, 0.1) is 0 Å². The average molecular weight is 277 g/mol. The van der Waals surface area contributed by atoms with Crippen LogP contribution in [0.15, 0.2) is 35.3 Å². The summed E-state index contributed by atoms with van der Waals surface area (Å²) in [5, 5.41) is 5.70. The third kappa shape index (κ3) is 6.78. The number of rotatable bonds is 3. The number of nitrogens with one attached hydrogen (secondary N) is 2. The molecular formula is C15H23N3O2. The summed E-state index contributed by atoms with van der Waals surface area (Å²) in [6.07, 6.45) is 0.381. The lowest BCUT2D eigenvalue weighted by Gasteiger charge is -2.20. The van der Waals surface area contributed by atoms with Crippen molar-refractivity contribution in [2.75, 3.05) is 11.9 Å². The summed E-state index contributed by atoms with van der Waals surface area (Å²) in [7, 11) is 0. The van der Waals surface area contributed by atoms with E-state index in [2.05, 4.69) is 15.6 Å². The van der Waals surface area contributed by atoms with Crippen molar-refractivity contribution in [3.8, 4) is 0 Å². The number of carbonyl (C=O) groups is 1. The molecule has 20 heavy (non-hydrogen) atoms. The molecule has 1 amide bonds. The topological polar surface area (TPSA) is 62.7 Å². The van der Waals surface area contributed by atoms with Gasteiger partial charge in [0.1, 0.15) is 5.60 Å². The quantitative estimate of drug-likeness (QED) is 0.657. The molecule has 1 aromatic rings. The Kier molecular flexibility index (Phi) is 6.03. The maximum atomic E-state index is 11.8. The van der Waals surface area contributed by atoms with Gasteiger partial charge in [0.2, 0.25) is 5.96 Å². The highest BCUT2D eigenvalue weighted by Crippen LogP contribution is 2.07. The first kappa shape index (κ1) is 16.0. The SMILES string of the molecule is CCCN=C(NC(=O)OC(C)(C)C)Nc1ccccc1. The molecule has 110 valence electrons. The molecular weight excluding hydrogens is 254 g/mol. The van der Waals surface area contributed by atoms with Gasteiger partial charge in [-0.1, -0.05) is 25.1 Å². The van der Waals surface area contributed by atoms with Crippen molar-refractivity contribution in [1.82, 2.24) is 5.32 Å². The van der Waals surface area contributed by atoms with E-state index in [1.54, 1.807) is 0 Å². The number of hydrogen-bond acceptors (Lipinski definition) is 3. The van der Waals surface area contributed by atoms with Gasteiger partial charge >= 0.3 is 6.09 Å². The normalized spacial score (nSPS) is 11.9. The van der Waals surface area contributed by atoms with Gasteiger partial charge in [-0.3, -0.25) is 10.3 Å². The third-order valence-electron chi connectivity index (χ3n) is 2.15. The van der Waals surface area contributed by atoms with Crippen molar-refractivity contribution < 1.29 is 9.53 Å². The van der Waals surface area contributed by atoms with Gasteiger partial charge < -0.3 is 10.1 Å². The summed E-state index contributed by atoms with van der Waals surface area (Å²) >= 11 is 0. The van der Waals surface area contributed by atoms with Crippen LogP contribution in [0.2, 0.25) is 0 Å². The Labute approximate surface area is 120 Å². The Morgan fingerprint density at radius 1 is 1.25 bits per heavy atom. The highest BCUT2D eigenvalue weighted by Gasteiger charge is 2.17. The fourth-order valence-corrected chi connectivity index (χ4v) is 1.39. The molecule has 0 atom stereocenters. The van der Waals surface area contributed by atoms with Gasteiger partial charge in [-0.25, -0.2) is 4.79 Å². The zero-order valence-corrected chi connectivity index (χ0v) is 12.6. The lowest BCUT2D eigenvalue weighted by molar-refractivity contribution is 0.0563. The molecule has 0 radical (unpaired) electrons. The second kappa shape index (κ2) is 7.53. The van der Waals surface area contributed by atoms with Crippen LogP contribution >= 0.6 is 0 Å². The smallest absolute Gasteiger partial charge is 0.414 e. The minimum Gasteiger partial charge on any atom is -0.444 e. The number of alkyl carbamates (subject to hydrolysis) is 1. The lowest BCUT2D eigenvalue weighted by Crippen LogP contribution is -2.40. The minimum absolute atomic E-state index is 0.396. The zero-order valence-electron chi connectivity index (χ0n) is 12.6. The molecule has 0 spiro atoms.